The molecule has 1 aromatic rings. The first kappa shape index (κ1) is 8.60. The summed E-state index contributed by atoms with van der Waals surface area (Å²) >= 11 is 6.41. The van der Waals surface area contributed by atoms with Crippen molar-refractivity contribution in [3.8, 4) is 5.75 Å². The molecule has 0 saturated heterocycles. The molecule has 0 radical (unpaired) electrons. The van der Waals surface area contributed by atoms with Gasteiger partial charge in [-0.15, -0.1) is 11.6 Å². The zero-order chi connectivity index (χ0) is 9.71. The van der Waals surface area contributed by atoms with E-state index in [2.05, 4.69) is 19.1 Å². The number of hydrogen-bond acceptors (Lipinski definition) is 1. The summed E-state index contributed by atoms with van der Waals surface area (Å²) < 4.78 is 5.65. The highest BCUT2D eigenvalue weighted by Gasteiger charge is 2.40. The smallest absolute Gasteiger partial charge is 0.123 e. The number of alkyl halides is 1. The normalized spacial score (nSPS) is 33.7. The molecule has 2 heteroatoms. The molecule has 74 valence electrons. The third-order valence-electron chi connectivity index (χ3n) is 3.55. The second kappa shape index (κ2) is 2.90. The highest BCUT2D eigenvalue weighted by molar-refractivity contribution is 6.21. The monoisotopic (exact) mass is 208 g/mol. The minimum absolute atomic E-state index is 0.177. The maximum Gasteiger partial charge on any atom is 0.123 e. The zero-order valence-corrected chi connectivity index (χ0v) is 8.92. The zero-order valence-electron chi connectivity index (χ0n) is 8.16. The first-order valence-corrected chi connectivity index (χ1v) is 5.62. The molecule has 0 aromatic heterocycles. The predicted octanol–water partition coefficient (Wildman–Crippen LogP) is 3.48. The summed E-state index contributed by atoms with van der Waals surface area (Å²) in [5.41, 5.74) is 2.67. The van der Waals surface area contributed by atoms with Gasteiger partial charge in [-0.3, -0.25) is 0 Å². The molecule has 3 rings (SSSR count). The lowest BCUT2D eigenvalue weighted by atomic mass is 9.89. The minimum atomic E-state index is 0.177. The van der Waals surface area contributed by atoms with E-state index in [0.717, 1.165) is 18.8 Å². The number of rotatable bonds is 0. The molecule has 1 aliphatic carbocycles. The molecule has 0 bridgehead atoms. The van der Waals surface area contributed by atoms with Gasteiger partial charge in [0.2, 0.25) is 0 Å². The van der Waals surface area contributed by atoms with Gasteiger partial charge in [-0.2, -0.15) is 0 Å². The molecule has 0 N–H and O–H groups in total. The van der Waals surface area contributed by atoms with Crippen LogP contribution < -0.4 is 4.74 Å². The lowest BCUT2D eigenvalue weighted by Crippen LogP contribution is -2.15. The van der Waals surface area contributed by atoms with E-state index in [-0.39, 0.29) is 5.38 Å². The molecule has 0 spiro atoms. The van der Waals surface area contributed by atoms with Crippen LogP contribution in [0.5, 0.6) is 5.75 Å². The lowest BCUT2D eigenvalue weighted by molar-refractivity contribution is 0.252. The van der Waals surface area contributed by atoms with Crippen molar-refractivity contribution in [2.45, 2.75) is 24.6 Å². The fourth-order valence-electron chi connectivity index (χ4n) is 2.78. The Hall–Kier alpha value is -0.690. The fourth-order valence-corrected chi connectivity index (χ4v) is 3.14. The average molecular weight is 209 g/mol. The maximum absolute atomic E-state index is 6.41. The van der Waals surface area contributed by atoms with Crippen molar-refractivity contribution < 1.29 is 4.74 Å². The van der Waals surface area contributed by atoms with Gasteiger partial charge in [-0.05, 0) is 29.9 Å². The molecule has 14 heavy (non-hydrogen) atoms. The second-order valence-corrected chi connectivity index (χ2v) is 4.73. The molecule has 1 aromatic carbocycles. The van der Waals surface area contributed by atoms with Crippen molar-refractivity contribution in [1.29, 1.82) is 0 Å². The Balaban J connectivity index is 2.22. The second-order valence-electron chi connectivity index (χ2n) is 4.26. The lowest BCUT2D eigenvalue weighted by Gasteiger charge is -2.24. The standard InChI is InChI=1S/C12H13ClO/c1-7-8-5-6-14-10-4-2-3-9(11(8)10)12(7)13/h2-4,7-8,12H,5-6H2,1H3. The Morgan fingerprint density at radius 3 is 3.14 bits per heavy atom. The summed E-state index contributed by atoms with van der Waals surface area (Å²) in [5, 5.41) is 0.177. The first-order valence-electron chi connectivity index (χ1n) is 5.18. The molecule has 1 heterocycles. The number of halogens is 1. The van der Waals surface area contributed by atoms with Gasteiger partial charge in [0.25, 0.3) is 0 Å². The van der Waals surface area contributed by atoms with E-state index in [1.807, 2.05) is 6.07 Å². The molecule has 3 unspecified atom stereocenters. The van der Waals surface area contributed by atoms with Gasteiger partial charge in [-0.25, -0.2) is 0 Å². The van der Waals surface area contributed by atoms with E-state index in [1.54, 1.807) is 0 Å². The maximum atomic E-state index is 6.41. The highest BCUT2D eigenvalue weighted by atomic mass is 35.5. The fraction of sp³-hybridized carbons (Fsp3) is 0.500. The van der Waals surface area contributed by atoms with Crippen LogP contribution in [-0.4, -0.2) is 6.61 Å². The molecular formula is C12H13ClO. The summed E-state index contributed by atoms with van der Waals surface area (Å²) in [4.78, 5) is 0. The quantitative estimate of drug-likeness (QED) is 0.594. The highest BCUT2D eigenvalue weighted by Crippen LogP contribution is 2.54. The van der Waals surface area contributed by atoms with E-state index in [4.69, 9.17) is 16.3 Å². The number of ether oxygens (including phenoxy) is 1. The van der Waals surface area contributed by atoms with Crippen molar-refractivity contribution in [3.05, 3.63) is 29.3 Å². The number of benzene rings is 1. The topological polar surface area (TPSA) is 9.23 Å². The Morgan fingerprint density at radius 1 is 1.43 bits per heavy atom. The molecule has 0 amide bonds. The third kappa shape index (κ3) is 0.964. The van der Waals surface area contributed by atoms with Crippen molar-refractivity contribution in [2.75, 3.05) is 6.61 Å². The van der Waals surface area contributed by atoms with Crippen LogP contribution in [0.25, 0.3) is 0 Å². The predicted molar refractivity (Wildman–Crippen MR) is 57.1 cm³/mol. The minimum Gasteiger partial charge on any atom is -0.493 e. The van der Waals surface area contributed by atoms with E-state index in [1.165, 1.54) is 11.1 Å². The first-order chi connectivity index (χ1) is 6.79. The summed E-state index contributed by atoms with van der Waals surface area (Å²) in [7, 11) is 0. The summed E-state index contributed by atoms with van der Waals surface area (Å²) in [5.74, 6) is 2.24. The molecule has 2 aliphatic rings. The van der Waals surface area contributed by atoms with E-state index in [0.29, 0.717) is 11.8 Å². The van der Waals surface area contributed by atoms with Gasteiger partial charge in [0.1, 0.15) is 5.75 Å². The van der Waals surface area contributed by atoms with Gasteiger partial charge >= 0.3 is 0 Å². The van der Waals surface area contributed by atoms with Crippen molar-refractivity contribution in [2.24, 2.45) is 5.92 Å². The van der Waals surface area contributed by atoms with Crippen LogP contribution in [0, 0.1) is 5.92 Å². The van der Waals surface area contributed by atoms with Gasteiger partial charge in [0.05, 0.1) is 12.0 Å². The third-order valence-corrected chi connectivity index (χ3v) is 4.18. The van der Waals surface area contributed by atoms with Gasteiger partial charge < -0.3 is 4.74 Å². The van der Waals surface area contributed by atoms with Crippen LogP contribution in [0.2, 0.25) is 0 Å². The Morgan fingerprint density at radius 2 is 2.29 bits per heavy atom. The largest absolute Gasteiger partial charge is 0.493 e. The van der Waals surface area contributed by atoms with Crippen LogP contribution in [0.3, 0.4) is 0 Å². The van der Waals surface area contributed by atoms with Crippen LogP contribution in [-0.2, 0) is 0 Å². The van der Waals surface area contributed by atoms with Gasteiger partial charge in [0.15, 0.2) is 0 Å². The van der Waals surface area contributed by atoms with Crippen molar-refractivity contribution in [1.82, 2.24) is 0 Å². The summed E-state index contributed by atoms with van der Waals surface area (Å²) in [6.07, 6.45) is 1.12. The van der Waals surface area contributed by atoms with E-state index >= 15 is 0 Å². The Kier molecular flexibility index (Phi) is 1.78. The van der Waals surface area contributed by atoms with Gasteiger partial charge in [0, 0.05) is 5.56 Å². The van der Waals surface area contributed by atoms with Gasteiger partial charge in [-0.1, -0.05) is 19.1 Å². The Labute approximate surface area is 89.0 Å². The van der Waals surface area contributed by atoms with Crippen molar-refractivity contribution >= 4 is 11.6 Å². The van der Waals surface area contributed by atoms with E-state index in [9.17, 15) is 0 Å². The molecule has 1 nitrogen and oxygen atoms in total. The Bertz CT molecular complexity index is 375. The average Bonchev–Trinajstić information content (AvgIpc) is 2.47. The summed E-state index contributed by atoms with van der Waals surface area (Å²) in [6.45, 7) is 3.09. The SMILES string of the molecule is CC1C(Cl)c2cccc3c2C1CCO3. The van der Waals surface area contributed by atoms with Crippen LogP contribution >= 0.6 is 11.6 Å². The number of hydrogen-bond donors (Lipinski definition) is 0. The van der Waals surface area contributed by atoms with Crippen LogP contribution in [0.15, 0.2) is 18.2 Å². The van der Waals surface area contributed by atoms with E-state index < -0.39 is 0 Å². The van der Waals surface area contributed by atoms with Crippen molar-refractivity contribution in [3.63, 3.8) is 0 Å². The molecule has 0 saturated carbocycles. The summed E-state index contributed by atoms with van der Waals surface area (Å²) in [6, 6.07) is 6.25. The molecule has 1 aliphatic heterocycles. The molecule has 0 fully saturated rings. The van der Waals surface area contributed by atoms with Crippen LogP contribution in [0.1, 0.15) is 35.8 Å². The molecular weight excluding hydrogens is 196 g/mol. The van der Waals surface area contributed by atoms with Crippen LogP contribution in [0.4, 0.5) is 0 Å². The molecule has 3 atom stereocenters.